The molecule has 0 spiro atoms. The summed E-state index contributed by atoms with van der Waals surface area (Å²) in [6, 6.07) is 5.05. The minimum Gasteiger partial charge on any atom is -0.378 e. The second-order valence-corrected chi connectivity index (χ2v) is 6.41. The minimum atomic E-state index is -0.406. The Morgan fingerprint density at radius 1 is 1.29 bits per heavy atom. The average Bonchev–Trinajstić information content (AvgIpc) is 3.15. The zero-order valence-corrected chi connectivity index (χ0v) is 13.9. The number of hydrogen-bond donors (Lipinski definition) is 0. The third-order valence-corrected chi connectivity index (χ3v) is 4.96. The number of ether oxygens (including phenoxy) is 1. The molecule has 24 heavy (non-hydrogen) atoms. The molecule has 2 aliphatic rings. The van der Waals surface area contributed by atoms with Gasteiger partial charge >= 0.3 is 0 Å². The minimum absolute atomic E-state index is 0.0115. The molecule has 0 atom stereocenters. The number of nitro groups is 1. The molecule has 3 rings (SSSR count). The molecule has 0 unspecified atom stereocenters. The SMILES string of the molecule is CN(C(=O)c1ccc(N2CCOCC2)c([N+](=O)[O-])c1)C1CCCC1. The first kappa shape index (κ1) is 16.7. The van der Waals surface area contributed by atoms with E-state index in [0.29, 0.717) is 37.6 Å². The number of hydrogen-bond acceptors (Lipinski definition) is 5. The molecule has 0 bridgehead atoms. The summed E-state index contributed by atoms with van der Waals surface area (Å²) in [5.41, 5.74) is 0.930. The van der Waals surface area contributed by atoms with Crippen LogP contribution in [0.4, 0.5) is 11.4 Å². The molecule has 1 heterocycles. The van der Waals surface area contributed by atoms with E-state index >= 15 is 0 Å². The summed E-state index contributed by atoms with van der Waals surface area (Å²) in [7, 11) is 1.79. The van der Waals surface area contributed by atoms with E-state index in [1.807, 2.05) is 4.90 Å². The molecule has 0 aromatic heterocycles. The molecule has 1 saturated carbocycles. The number of anilines is 1. The highest BCUT2D eigenvalue weighted by atomic mass is 16.6. The Morgan fingerprint density at radius 3 is 2.58 bits per heavy atom. The normalized spacial score (nSPS) is 18.6. The molecule has 1 aromatic rings. The Kier molecular flexibility index (Phi) is 4.99. The van der Waals surface area contributed by atoms with E-state index in [-0.39, 0.29) is 17.6 Å². The number of nitro benzene ring substituents is 1. The fraction of sp³-hybridized carbons (Fsp3) is 0.588. The van der Waals surface area contributed by atoms with Crippen molar-refractivity contribution in [2.75, 3.05) is 38.3 Å². The fourth-order valence-electron chi connectivity index (χ4n) is 3.54. The van der Waals surface area contributed by atoms with Gasteiger partial charge in [0.05, 0.1) is 18.1 Å². The summed E-state index contributed by atoms with van der Waals surface area (Å²) in [5, 5.41) is 11.5. The average molecular weight is 333 g/mol. The van der Waals surface area contributed by atoms with Gasteiger partial charge in [-0.1, -0.05) is 12.8 Å². The van der Waals surface area contributed by atoms with Crippen LogP contribution in [-0.4, -0.2) is 55.1 Å². The summed E-state index contributed by atoms with van der Waals surface area (Å²) in [6.45, 7) is 2.36. The molecule has 0 N–H and O–H groups in total. The predicted octanol–water partition coefficient (Wildman–Crippen LogP) is 2.45. The molecule has 7 heteroatoms. The second kappa shape index (κ2) is 7.17. The van der Waals surface area contributed by atoms with Gasteiger partial charge in [-0.05, 0) is 25.0 Å². The van der Waals surface area contributed by atoms with E-state index in [1.165, 1.54) is 6.07 Å². The van der Waals surface area contributed by atoms with Crippen molar-refractivity contribution in [2.24, 2.45) is 0 Å². The van der Waals surface area contributed by atoms with Crippen LogP contribution in [0.15, 0.2) is 18.2 Å². The van der Waals surface area contributed by atoms with Crippen LogP contribution in [0.25, 0.3) is 0 Å². The van der Waals surface area contributed by atoms with Crippen molar-refractivity contribution in [1.82, 2.24) is 4.90 Å². The summed E-state index contributed by atoms with van der Waals surface area (Å²) in [6.07, 6.45) is 4.29. The van der Waals surface area contributed by atoms with Crippen molar-refractivity contribution >= 4 is 17.3 Å². The van der Waals surface area contributed by atoms with Crippen LogP contribution in [0, 0.1) is 10.1 Å². The van der Waals surface area contributed by atoms with Crippen molar-refractivity contribution in [1.29, 1.82) is 0 Å². The van der Waals surface area contributed by atoms with Crippen molar-refractivity contribution in [3.8, 4) is 0 Å². The lowest BCUT2D eigenvalue weighted by Crippen LogP contribution is -2.37. The topological polar surface area (TPSA) is 75.9 Å². The van der Waals surface area contributed by atoms with Gasteiger partial charge < -0.3 is 14.5 Å². The molecule has 130 valence electrons. The molecular formula is C17H23N3O4. The molecule has 1 amide bonds. The van der Waals surface area contributed by atoms with Gasteiger partial charge in [0.15, 0.2) is 0 Å². The highest BCUT2D eigenvalue weighted by Gasteiger charge is 2.27. The van der Waals surface area contributed by atoms with Gasteiger partial charge in [0.1, 0.15) is 5.69 Å². The molecule has 2 fully saturated rings. The smallest absolute Gasteiger partial charge is 0.293 e. The van der Waals surface area contributed by atoms with E-state index in [0.717, 1.165) is 25.7 Å². The molecule has 1 aliphatic carbocycles. The van der Waals surface area contributed by atoms with E-state index in [9.17, 15) is 14.9 Å². The van der Waals surface area contributed by atoms with Crippen LogP contribution in [0.3, 0.4) is 0 Å². The van der Waals surface area contributed by atoms with Gasteiger partial charge in [-0.3, -0.25) is 14.9 Å². The highest BCUT2D eigenvalue weighted by molar-refractivity contribution is 5.95. The maximum atomic E-state index is 12.7. The van der Waals surface area contributed by atoms with Crippen LogP contribution in [0.5, 0.6) is 0 Å². The van der Waals surface area contributed by atoms with Gasteiger partial charge in [0.25, 0.3) is 11.6 Å². The number of carbonyl (C=O) groups excluding carboxylic acids is 1. The largest absolute Gasteiger partial charge is 0.378 e. The Morgan fingerprint density at radius 2 is 1.96 bits per heavy atom. The third-order valence-electron chi connectivity index (χ3n) is 4.96. The second-order valence-electron chi connectivity index (χ2n) is 6.41. The Labute approximate surface area is 141 Å². The van der Waals surface area contributed by atoms with Crippen LogP contribution >= 0.6 is 0 Å². The highest BCUT2D eigenvalue weighted by Crippen LogP contribution is 2.31. The summed E-state index contributed by atoms with van der Waals surface area (Å²) >= 11 is 0. The first-order valence-corrected chi connectivity index (χ1v) is 8.46. The molecule has 0 radical (unpaired) electrons. The standard InChI is InChI=1S/C17H23N3O4/c1-18(14-4-2-3-5-14)17(21)13-6-7-15(16(12-13)20(22)23)19-8-10-24-11-9-19/h6-7,12,14H,2-5,8-11H2,1H3. The number of nitrogens with zero attached hydrogens (tertiary/aromatic N) is 3. The first-order chi connectivity index (χ1) is 11.6. The molecule has 1 aromatic carbocycles. The number of amides is 1. The zero-order valence-electron chi connectivity index (χ0n) is 13.9. The molecule has 1 saturated heterocycles. The van der Waals surface area contributed by atoms with Crippen LogP contribution in [0.1, 0.15) is 36.0 Å². The lowest BCUT2D eigenvalue weighted by atomic mass is 10.1. The maximum Gasteiger partial charge on any atom is 0.293 e. The summed E-state index contributed by atoms with van der Waals surface area (Å²) in [5.74, 6) is -0.140. The van der Waals surface area contributed by atoms with Gasteiger partial charge in [-0.15, -0.1) is 0 Å². The quantitative estimate of drug-likeness (QED) is 0.625. The molecule has 1 aliphatic heterocycles. The van der Waals surface area contributed by atoms with E-state index in [1.54, 1.807) is 24.1 Å². The lowest BCUT2D eigenvalue weighted by molar-refractivity contribution is -0.384. The number of carbonyl (C=O) groups is 1. The van der Waals surface area contributed by atoms with E-state index in [2.05, 4.69) is 0 Å². The maximum absolute atomic E-state index is 12.7. The Balaban J connectivity index is 1.85. The van der Waals surface area contributed by atoms with Gasteiger partial charge in [-0.2, -0.15) is 0 Å². The number of morpholine rings is 1. The van der Waals surface area contributed by atoms with Crippen LogP contribution < -0.4 is 4.90 Å². The monoisotopic (exact) mass is 333 g/mol. The number of rotatable bonds is 4. The lowest BCUT2D eigenvalue weighted by Gasteiger charge is -2.29. The van der Waals surface area contributed by atoms with Gasteiger partial charge in [0.2, 0.25) is 0 Å². The summed E-state index contributed by atoms with van der Waals surface area (Å²) in [4.78, 5) is 27.4. The Hall–Kier alpha value is -2.15. The van der Waals surface area contributed by atoms with Crippen molar-refractivity contribution in [3.05, 3.63) is 33.9 Å². The third kappa shape index (κ3) is 3.36. The van der Waals surface area contributed by atoms with E-state index in [4.69, 9.17) is 4.74 Å². The number of benzene rings is 1. The fourth-order valence-corrected chi connectivity index (χ4v) is 3.54. The van der Waals surface area contributed by atoms with E-state index < -0.39 is 4.92 Å². The van der Waals surface area contributed by atoms with Crippen molar-refractivity contribution in [2.45, 2.75) is 31.7 Å². The van der Waals surface area contributed by atoms with Crippen LogP contribution in [-0.2, 0) is 4.74 Å². The predicted molar refractivity (Wildman–Crippen MR) is 90.5 cm³/mol. The molecular weight excluding hydrogens is 310 g/mol. The van der Waals surface area contributed by atoms with Crippen LogP contribution in [0.2, 0.25) is 0 Å². The van der Waals surface area contributed by atoms with Crippen molar-refractivity contribution in [3.63, 3.8) is 0 Å². The summed E-state index contributed by atoms with van der Waals surface area (Å²) < 4.78 is 5.30. The van der Waals surface area contributed by atoms with Gasteiger partial charge in [0, 0.05) is 37.8 Å². The zero-order chi connectivity index (χ0) is 17.1. The van der Waals surface area contributed by atoms with Gasteiger partial charge in [-0.25, -0.2) is 0 Å². The first-order valence-electron chi connectivity index (χ1n) is 8.46. The Bertz CT molecular complexity index is 622. The molecule has 7 nitrogen and oxygen atoms in total. The van der Waals surface area contributed by atoms with Crippen molar-refractivity contribution < 1.29 is 14.5 Å².